The lowest BCUT2D eigenvalue weighted by Crippen LogP contribution is -2.01. The second kappa shape index (κ2) is 8.53. The van der Waals surface area contributed by atoms with Crippen molar-refractivity contribution in [2.45, 2.75) is 38.0 Å². The van der Waals surface area contributed by atoms with Crippen molar-refractivity contribution in [2.75, 3.05) is 5.73 Å². The molecule has 7 nitrogen and oxygen atoms in total. The Labute approximate surface area is 193 Å². The average molecular weight is 463 g/mol. The molecule has 3 aromatic rings. The third-order valence-electron chi connectivity index (χ3n) is 5.67. The Morgan fingerprint density at radius 3 is 2.58 bits per heavy atom. The summed E-state index contributed by atoms with van der Waals surface area (Å²) in [5, 5.41) is 9.17. The van der Waals surface area contributed by atoms with Gasteiger partial charge in [-0.3, -0.25) is 9.54 Å². The number of azo groups is 1. The van der Waals surface area contributed by atoms with Gasteiger partial charge < -0.3 is 5.73 Å². The van der Waals surface area contributed by atoms with E-state index < -0.39 is 10.1 Å². The van der Waals surface area contributed by atoms with Crippen molar-refractivity contribution in [3.8, 4) is 0 Å². The highest BCUT2D eigenvalue weighted by atomic mass is 32.2. The highest BCUT2D eigenvalue weighted by molar-refractivity contribution is 7.86. The van der Waals surface area contributed by atoms with Crippen molar-refractivity contribution < 1.29 is 13.0 Å². The number of nitrogen functional groups attached to an aromatic ring is 1. The Balaban J connectivity index is 1.66. The van der Waals surface area contributed by atoms with Gasteiger partial charge in [0.05, 0.1) is 11.9 Å². The van der Waals surface area contributed by atoms with Crippen molar-refractivity contribution in [3.05, 3.63) is 78.2 Å². The van der Waals surface area contributed by atoms with Gasteiger partial charge in [0, 0.05) is 27.8 Å². The van der Waals surface area contributed by atoms with Gasteiger partial charge in [-0.25, -0.2) is 0 Å². The summed E-state index contributed by atoms with van der Waals surface area (Å²) in [4.78, 5) is 4.28. The zero-order chi connectivity index (χ0) is 23.8. The molecule has 0 saturated heterocycles. The Bertz CT molecular complexity index is 1410. The first-order chi connectivity index (χ1) is 15.5. The molecule has 3 N–H and O–H groups in total. The van der Waals surface area contributed by atoms with Crippen molar-refractivity contribution in [3.63, 3.8) is 0 Å². The first kappa shape index (κ1) is 22.8. The van der Waals surface area contributed by atoms with Crippen LogP contribution < -0.4 is 5.73 Å². The minimum absolute atomic E-state index is 0.0300. The first-order valence-electron chi connectivity index (χ1n) is 10.6. The number of nitrogens with two attached hydrogens (primary N) is 1. The predicted molar refractivity (Wildman–Crippen MR) is 131 cm³/mol. The maximum absolute atomic E-state index is 12.0. The van der Waals surface area contributed by atoms with Crippen molar-refractivity contribution in [2.24, 2.45) is 15.6 Å². The predicted octanol–water partition coefficient (Wildman–Crippen LogP) is 6.41. The Kier molecular flexibility index (Phi) is 5.90. The van der Waals surface area contributed by atoms with E-state index in [-0.39, 0.29) is 27.6 Å². The Hall–Kier alpha value is -3.36. The maximum Gasteiger partial charge on any atom is 0.295 e. The van der Waals surface area contributed by atoms with Crippen molar-refractivity contribution in [1.29, 1.82) is 0 Å². The van der Waals surface area contributed by atoms with Crippen LogP contribution in [-0.2, 0) is 10.1 Å². The van der Waals surface area contributed by atoms with E-state index in [1.807, 2.05) is 25.1 Å². The van der Waals surface area contributed by atoms with E-state index in [9.17, 15) is 13.0 Å². The van der Waals surface area contributed by atoms with Crippen LogP contribution in [0.4, 0.5) is 17.1 Å². The minimum atomic E-state index is -4.48. The van der Waals surface area contributed by atoms with Crippen LogP contribution in [0.5, 0.6) is 0 Å². The van der Waals surface area contributed by atoms with E-state index in [4.69, 9.17) is 5.73 Å². The molecule has 0 fully saturated rings. The van der Waals surface area contributed by atoms with Gasteiger partial charge in [-0.2, -0.15) is 8.42 Å². The van der Waals surface area contributed by atoms with E-state index >= 15 is 0 Å². The molecule has 1 unspecified atom stereocenters. The number of hydrogen-bond acceptors (Lipinski definition) is 6. The fraction of sp³-hybridized carbons (Fsp3) is 0.240. The lowest BCUT2D eigenvalue weighted by Gasteiger charge is -2.13. The summed E-state index contributed by atoms with van der Waals surface area (Å²) in [6.45, 7) is 6.15. The number of nitrogens with zero attached hydrogens (tertiary/aromatic N) is 3. The molecule has 1 atom stereocenters. The highest BCUT2D eigenvalue weighted by Crippen LogP contribution is 2.37. The lowest BCUT2D eigenvalue weighted by atomic mass is 9.93. The Morgan fingerprint density at radius 2 is 1.88 bits per heavy atom. The molecule has 2 aromatic carbocycles. The number of benzene rings is 2. The number of pyridine rings is 1. The number of aromatic nitrogens is 1. The van der Waals surface area contributed by atoms with E-state index in [1.54, 1.807) is 18.3 Å². The summed E-state index contributed by atoms with van der Waals surface area (Å²) in [6, 6.07) is 10.1. The molecule has 0 spiro atoms. The monoisotopic (exact) mass is 462 g/mol. The molecule has 4 rings (SSSR count). The van der Waals surface area contributed by atoms with E-state index in [0.717, 1.165) is 17.7 Å². The zero-order valence-electron chi connectivity index (χ0n) is 18.7. The fourth-order valence-corrected chi connectivity index (χ4v) is 4.54. The van der Waals surface area contributed by atoms with Crippen molar-refractivity contribution in [1.82, 2.24) is 4.98 Å². The third-order valence-corrected chi connectivity index (χ3v) is 6.57. The highest BCUT2D eigenvalue weighted by Gasteiger charge is 2.19. The molecule has 1 heterocycles. The summed E-state index contributed by atoms with van der Waals surface area (Å²) in [7, 11) is -4.48. The second-order valence-electron chi connectivity index (χ2n) is 8.90. The summed E-state index contributed by atoms with van der Waals surface area (Å²) in [5.41, 5.74) is 8.99. The molecule has 1 aliphatic rings. The van der Waals surface area contributed by atoms with E-state index in [0.29, 0.717) is 16.5 Å². The molecular weight excluding hydrogens is 436 g/mol. The molecule has 1 aromatic heterocycles. The number of hydrogen-bond donors (Lipinski definition) is 2. The molecule has 170 valence electrons. The van der Waals surface area contributed by atoms with Gasteiger partial charge in [0.2, 0.25) is 0 Å². The van der Waals surface area contributed by atoms with E-state index in [2.05, 4.69) is 53.4 Å². The van der Waals surface area contributed by atoms with Gasteiger partial charge in [-0.15, -0.1) is 10.2 Å². The standard InChI is InChI=1S/C25H26N4O3S/c1-16-6-8-19-20(13-16)23(33(30,31)32)14-22(24(19)26)29-28-18-7-9-21(27-15-18)17-5-4-11-25(2,3)12-10-17/h4,6-15,17H,5,26H2,1-3H3,(H,30,31,32)/b29-28+. The van der Waals surface area contributed by atoms with E-state index in [1.165, 1.54) is 6.07 Å². The molecule has 0 amide bonds. The van der Waals surface area contributed by atoms with Crippen LogP contribution in [0.3, 0.4) is 0 Å². The number of rotatable bonds is 4. The summed E-state index contributed by atoms with van der Waals surface area (Å²) >= 11 is 0. The van der Waals surface area contributed by atoms with Gasteiger partial charge in [0.15, 0.2) is 0 Å². The maximum atomic E-state index is 12.0. The lowest BCUT2D eigenvalue weighted by molar-refractivity contribution is 0.484. The summed E-state index contributed by atoms with van der Waals surface area (Å²) < 4.78 is 33.7. The minimum Gasteiger partial charge on any atom is -0.396 e. The molecule has 0 saturated carbocycles. The van der Waals surface area contributed by atoms with Gasteiger partial charge in [-0.1, -0.05) is 55.8 Å². The van der Waals surface area contributed by atoms with Crippen LogP contribution in [0.15, 0.2) is 82.0 Å². The molecule has 0 aliphatic heterocycles. The molecule has 0 radical (unpaired) electrons. The quantitative estimate of drug-likeness (QED) is 0.201. The first-order valence-corrected chi connectivity index (χ1v) is 12.0. The van der Waals surface area contributed by atoms with Crippen LogP contribution >= 0.6 is 0 Å². The Morgan fingerprint density at radius 1 is 1.09 bits per heavy atom. The zero-order valence-corrected chi connectivity index (χ0v) is 19.5. The number of allylic oxidation sites excluding steroid dienone is 4. The average Bonchev–Trinajstić information content (AvgIpc) is 2.93. The molecule has 8 heteroatoms. The topological polar surface area (TPSA) is 118 Å². The number of aryl methyl sites for hydroxylation is 1. The van der Waals surface area contributed by atoms with Crippen LogP contribution in [-0.4, -0.2) is 18.0 Å². The molecule has 0 bridgehead atoms. The SMILES string of the molecule is Cc1ccc2c(N)c(/N=N/c3ccc(C4C=CC(C)(C)C=CC4)nc3)cc(S(=O)(=O)O)c2c1. The van der Waals surface area contributed by atoms with Crippen LogP contribution in [0, 0.1) is 12.3 Å². The number of fused-ring (bicyclic) bond motifs is 1. The smallest absolute Gasteiger partial charge is 0.295 e. The summed E-state index contributed by atoms with van der Waals surface area (Å²) in [6.07, 6.45) is 11.2. The van der Waals surface area contributed by atoms with Crippen molar-refractivity contribution >= 4 is 38.0 Å². The van der Waals surface area contributed by atoms with Gasteiger partial charge in [0.25, 0.3) is 10.1 Å². The van der Waals surface area contributed by atoms with Crippen LogP contribution in [0.2, 0.25) is 0 Å². The van der Waals surface area contributed by atoms with Gasteiger partial charge >= 0.3 is 0 Å². The summed E-state index contributed by atoms with van der Waals surface area (Å²) in [5.74, 6) is 0.186. The fourth-order valence-electron chi connectivity index (χ4n) is 3.83. The molecule has 1 aliphatic carbocycles. The second-order valence-corrected chi connectivity index (χ2v) is 10.3. The van der Waals surface area contributed by atoms with Crippen LogP contribution in [0.25, 0.3) is 10.8 Å². The normalized spacial score (nSPS) is 18.1. The largest absolute Gasteiger partial charge is 0.396 e. The molecule has 33 heavy (non-hydrogen) atoms. The molecular formula is C25H26N4O3S. The van der Waals surface area contributed by atoms with Crippen LogP contribution in [0.1, 0.15) is 37.4 Å². The van der Waals surface area contributed by atoms with Gasteiger partial charge in [-0.05, 0) is 37.6 Å². The number of anilines is 1. The third kappa shape index (κ3) is 5.02. The van der Waals surface area contributed by atoms with Gasteiger partial charge in [0.1, 0.15) is 16.3 Å².